The number of hydrogen-bond acceptors (Lipinski definition) is 7. The molecule has 0 unspecified atom stereocenters. The number of hydrogen-bond donors (Lipinski definition) is 3. The Morgan fingerprint density at radius 1 is 1.00 bits per heavy atom. The van der Waals surface area contributed by atoms with Crippen molar-refractivity contribution in [3.8, 4) is 5.88 Å². The Kier molecular flexibility index (Phi) is 6.31. The van der Waals surface area contributed by atoms with Gasteiger partial charge in [0.15, 0.2) is 4.77 Å². The van der Waals surface area contributed by atoms with Crippen molar-refractivity contribution in [3.63, 3.8) is 0 Å². The SMILES string of the molecule is O=c1[nH]c(=S)n(CCC2CCCCC2)c(O)c1/C=c1\ccc(=c2ccc(=C3N=NN=N3)cc2)[nH]1. The van der Waals surface area contributed by atoms with E-state index in [0.717, 1.165) is 22.2 Å². The van der Waals surface area contributed by atoms with Crippen molar-refractivity contribution in [2.45, 2.75) is 45.1 Å². The zero-order chi connectivity index (χ0) is 23.5. The van der Waals surface area contributed by atoms with Gasteiger partial charge in [0.2, 0.25) is 11.7 Å². The van der Waals surface area contributed by atoms with Gasteiger partial charge in [-0.05, 0) is 58.4 Å². The van der Waals surface area contributed by atoms with Gasteiger partial charge in [0.1, 0.15) is 5.56 Å². The lowest BCUT2D eigenvalue weighted by Gasteiger charge is -2.22. The fourth-order valence-electron chi connectivity index (χ4n) is 4.58. The van der Waals surface area contributed by atoms with E-state index in [9.17, 15) is 9.90 Å². The van der Waals surface area contributed by atoms with E-state index in [-0.39, 0.29) is 16.2 Å². The van der Waals surface area contributed by atoms with Crippen molar-refractivity contribution < 1.29 is 5.11 Å². The van der Waals surface area contributed by atoms with E-state index in [1.54, 1.807) is 10.6 Å². The smallest absolute Gasteiger partial charge is 0.262 e. The highest BCUT2D eigenvalue weighted by atomic mass is 32.1. The van der Waals surface area contributed by atoms with Crippen LogP contribution in [0.3, 0.4) is 0 Å². The van der Waals surface area contributed by atoms with E-state index in [2.05, 4.69) is 30.6 Å². The Hall–Kier alpha value is -3.66. The van der Waals surface area contributed by atoms with Crippen LogP contribution in [0, 0.1) is 21.3 Å². The van der Waals surface area contributed by atoms with E-state index in [4.69, 9.17) is 12.2 Å². The third-order valence-electron chi connectivity index (χ3n) is 6.47. The van der Waals surface area contributed by atoms with Crippen LogP contribution >= 0.6 is 12.2 Å². The maximum Gasteiger partial charge on any atom is 0.262 e. The monoisotopic (exact) mass is 475 g/mol. The molecule has 1 fully saturated rings. The number of aromatic nitrogens is 3. The first-order valence-electron chi connectivity index (χ1n) is 11.5. The number of H-pyrrole nitrogens is 2. The molecule has 1 aromatic carbocycles. The molecule has 0 saturated heterocycles. The van der Waals surface area contributed by atoms with Gasteiger partial charge in [0, 0.05) is 22.5 Å². The lowest BCUT2D eigenvalue weighted by molar-refractivity contribution is 0.311. The normalized spacial score (nSPS) is 16.6. The second-order valence-electron chi connectivity index (χ2n) is 8.69. The second-order valence-corrected chi connectivity index (χ2v) is 9.08. The molecule has 0 bridgehead atoms. The van der Waals surface area contributed by atoms with Crippen LogP contribution in [0.15, 0.2) is 61.9 Å². The van der Waals surface area contributed by atoms with Crippen molar-refractivity contribution in [2.75, 3.05) is 0 Å². The molecule has 2 aliphatic rings. The number of nitrogens with one attached hydrogen (secondary N) is 2. The van der Waals surface area contributed by atoms with Gasteiger partial charge in [-0.15, -0.1) is 10.2 Å². The standard InChI is InChI=1S/C24H25N7O2S/c32-22-19(23(33)31(24(34)26-22)13-12-15-4-2-1-3-5-15)14-18-10-11-20(25-18)16-6-8-17(9-7-16)21-27-29-30-28-21/h6-11,14-15,25,33H,1-5,12-13H2,(H,26,32,34)/b18-14+. The minimum Gasteiger partial charge on any atom is -0.494 e. The third kappa shape index (κ3) is 4.67. The first-order valence-corrected chi connectivity index (χ1v) is 11.9. The van der Waals surface area contributed by atoms with Gasteiger partial charge in [-0.1, -0.05) is 56.4 Å². The Morgan fingerprint density at radius 3 is 2.44 bits per heavy atom. The molecule has 5 rings (SSSR count). The Balaban J connectivity index is 1.48. The fourth-order valence-corrected chi connectivity index (χ4v) is 4.85. The molecule has 3 aromatic rings. The molecule has 9 nitrogen and oxygen atoms in total. The summed E-state index contributed by atoms with van der Waals surface area (Å²) in [7, 11) is 0. The Morgan fingerprint density at radius 2 is 1.71 bits per heavy atom. The maximum atomic E-state index is 12.6. The van der Waals surface area contributed by atoms with Gasteiger partial charge in [0.25, 0.3) is 5.56 Å². The fraction of sp³-hybridized carbons (Fsp3) is 0.333. The van der Waals surface area contributed by atoms with Crippen molar-refractivity contribution in [1.29, 1.82) is 0 Å². The van der Waals surface area contributed by atoms with Crippen LogP contribution in [0.5, 0.6) is 5.88 Å². The van der Waals surface area contributed by atoms with Crippen LogP contribution < -0.4 is 16.1 Å². The molecule has 1 aliphatic heterocycles. The minimum atomic E-state index is -0.408. The Labute approximate surface area is 199 Å². The first kappa shape index (κ1) is 22.1. The van der Waals surface area contributed by atoms with Crippen molar-refractivity contribution in [2.24, 2.45) is 26.6 Å². The minimum absolute atomic E-state index is 0.0954. The van der Waals surface area contributed by atoms with Crippen molar-refractivity contribution in [1.82, 2.24) is 14.5 Å². The number of nitrogens with zero attached hydrogens (tertiary/aromatic N) is 5. The third-order valence-corrected chi connectivity index (χ3v) is 6.80. The van der Waals surface area contributed by atoms with E-state index in [1.807, 2.05) is 36.4 Å². The molecule has 10 heteroatoms. The lowest BCUT2D eigenvalue weighted by atomic mass is 9.87. The van der Waals surface area contributed by atoms with Gasteiger partial charge < -0.3 is 10.1 Å². The molecule has 3 heterocycles. The number of rotatable bonds is 4. The molecule has 174 valence electrons. The predicted octanol–water partition coefficient (Wildman–Crippen LogP) is 3.92. The summed E-state index contributed by atoms with van der Waals surface area (Å²) in [5.74, 6) is 1.02. The summed E-state index contributed by atoms with van der Waals surface area (Å²) in [5.41, 5.74) is -0.219. The average molecular weight is 476 g/mol. The molecule has 34 heavy (non-hydrogen) atoms. The van der Waals surface area contributed by atoms with Crippen LogP contribution in [0.25, 0.3) is 11.9 Å². The van der Waals surface area contributed by atoms with Crippen molar-refractivity contribution >= 4 is 24.1 Å². The largest absolute Gasteiger partial charge is 0.494 e. The maximum absolute atomic E-state index is 12.6. The molecule has 0 atom stereocenters. The molecule has 3 N–H and O–H groups in total. The second kappa shape index (κ2) is 9.68. The zero-order valence-electron chi connectivity index (χ0n) is 18.6. The van der Waals surface area contributed by atoms with Gasteiger partial charge in [-0.3, -0.25) is 14.3 Å². The summed E-state index contributed by atoms with van der Waals surface area (Å²) in [6.45, 7) is 0.591. The molecule has 0 amide bonds. The number of aromatic hydroxyl groups is 1. The molecule has 2 aromatic heterocycles. The summed E-state index contributed by atoms with van der Waals surface area (Å²) < 4.78 is 1.89. The molecule has 1 aliphatic carbocycles. The highest BCUT2D eigenvalue weighted by molar-refractivity contribution is 7.71. The number of aromatic amines is 2. The van der Waals surface area contributed by atoms with Crippen LogP contribution in [-0.4, -0.2) is 19.6 Å². The van der Waals surface area contributed by atoms with E-state index < -0.39 is 5.56 Å². The highest BCUT2D eigenvalue weighted by Crippen LogP contribution is 2.27. The number of benzene rings is 1. The lowest BCUT2D eigenvalue weighted by Crippen LogP contribution is -2.20. The van der Waals surface area contributed by atoms with Gasteiger partial charge in [0.05, 0.1) is 0 Å². The molecular formula is C24H25N7O2S. The van der Waals surface area contributed by atoms with Crippen LogP contribution in [0.4, 0.5) is 0 Å². The zero-order valence-corrected chi connectivity index (χ0v) is 19.4. The summed E-state index contributed by atoms with van der Waals surface area (Å²) in [6, 6.07) is 11.5. The Bertz CT molecular complexity index is 1570. The van der Waals surface area contributed by atoms with Gasteiger partial charge in [-0.2, -0.15) is 0 Å². The van der Waals surface area contributed by atoms with E-state index in [1.165, 1.54) is 32.1 Å². The van der Waals surface area contributed by atoms with E-state index >= 15 is 0 Å². The summed E-state index contributed by atoms with van der Waals surface area (Å²) in [5, 5.41) is 29.0. The quantitative estimate of drug-likeness (QED) is 0.496. The first-order chi connectivity index (χ1) is 16.6. The molecule has 1 saturated carbocycles. The predicted molar refractivity (Wildman–Crippen MR) is 130 cm³/mol. The summed E-state index contributed by atoms with van der Waals surface area (Å²) >= 11 is 5.34. The average Bonchev–Trinajstić information content (AvgIpc) is 3.55. The van der Waals surface area contributed by atoms with Crippen molar-refractivity contribution in [3.05, 3.63) is 78.2 Å². The van der Waals surface area contributed by atoms with Crippen LogP contribution in [-0.2, 0) is 6.54 Å². The summed E-state index contributed by atoms with van der Waals surface area (Å²) in [6.07, 6.45) is 8.86. The molecule has 0 spiro atoms. The molecular weight excluding hydrogens is 450 g/mol. The molecule has 0 radical (unpaired) electrons. The van der Waals surface area contributed by atoms with Gasteiger partial charge in [-0.25, -0.2) is 0 Å². The van der Waals surface area contributed by atoms with Crippen LogP contribution in [0.1, 0.15) is 44.1 Å². The van der Waals surface area contributed by atoms with Gasteiger partial charge >= 0.3 is 0 Å². The summed E-state index contributed by atoms with van der Waals surface area (Å²) in [4.78, 5) is 18.6. The topological polar surface area (TPSA) is 123 Å². The highest BCUT2D eigenvalue weighted by Gasteiger charge is 2.16. The van der Waals surface area contributed by atoms with E-state index in [0.29, 0.717) is 23.6 Å². The van der Waals surface area contributed by atoms with Crippen LogP contribution in [0.2, 0.25) is 0 Å².